The van der Waals surface area contributed by atoms with Gasteiger partial charge in [0.05, 0.1) is 15.7 Å². The van der Waals surface area contributed by atoms with Crippen molar-refractivity contribution in [2.45, 2.75) is 6.92 Å². The van der Waals surface area contributed by atoms with Gasteiger partial charge in [-0.2, -0.15) is 0 Å². The second-order valence-electron chi connectivity index (χ2n) is 2.86. The van der Waals surface area contributed by atoms with E-state index in [4.69, 9.17) is 5.73 Å². The predicted octanol–water partition coefficient (Wildman–Crippen LogP) is 1.70. The molecule has 2 aromatic rings. The fourth-order valence-corrected chi connectivity index (χ4v) is 2.03. The SMILES string of the molecule is Cc1cc(C(N)=O)cc2ncsc12. The minimum atomic E-state index is -0.405. The second kappa shape index (κ2) is 2.81. The van der Waals surface area contributed by atoms with E-state index >= 15 is 0 Å². The summed E-state index contributed by atoms with van der Waals surface area (Å²) in [6, 6.07) is 3.52. The molecule has 0 unspecified atom stereocenters. The molecule has 0 fully saturated rings. The predicted molar refractivity (Wildman–Crippen MR) is 52.9 cm³/mol. The highest BCUT2D eigenvalue weighted by Crippen LogP contribution is 2.23. The number of aromatic nitrogens is 1. The van der Waals surface area contributed by atoms with E-state index in [1.807, 2.05) is 6.92 Å². The summed E-state index contributed by atoms with van der Waals surface area (Å²) in [4.78, 5) is 15.0. The Morgan fingerprint density at radius 3 is 3.00 bits per heavy atom. The van der Waals surface area contributed by atoms with Crippen LogP contribution in [0.15, 0.2) is 17.6 Å². The van der Waals surface area contributed by atoms with E-state index in [-0.39, 0.29) is 0 Å². The zero-order valence-corrected chi connectivity index (χ0v) is 7.89. The largest absolute Gasteiger partial charge is 0.366 e. The Labute approximate surface area is 79.2 Å². The van der Waals surface area contributed by atoms with Gasteiger partial charge in [0.25, 0.3) is 0 Å². The Morgan fingerprint density at radius 2 is 2.31 bits per heavy atom. The molecule has 66 valence electrons. The van der Waals surface area contributed by atoms with Crippen LogP contribution in [0.25, 0.3) is 10.2 Å². The standard InChI is InChI=1S/C9H8N2OS/c1-5-2-6(9(10)12)3-7-8(5)13-4-11-7/h2-4H,1H3,(H2,10,12). The first kappa shape index (κ1) is 8.19. The van der Waals surface area contributed by atoms with Crippen molar-refractivity contribution in [1.82, 2.24) is 4.98 Å². The molecule has 3 nitrogen and oxygen atoms in total. The van der Waals surface area contributed by atoms with Crippen LogP contribution in [-0.2, 0) is 0 Å². The molecule has 0 aliphatic rings. The maximum absolute atomic E-state index is 10.9. The molecule has 1 aromatic carbocycles. The summed E-state index contributed by atoms with van der Waals surface area (Å²) in [7, 11) is 0. The molecule has 0 bridgehead atoms. The zero-order valence-electron chi connectivity index (χ0n) is 7.07. The normalized spacial score (nSPS) is 10.5. The van der Waals surface area contributed by atoms with E-state index in [0.29, 0.717) is 5.56 Å². The van der Waals surface area contributed by atoms with Gasteiger partial charge in [0, 0.05) is 5.56 Å². The van der Waals surface area contributed by atoms with Gasteiger partial charge in [-0.1, -0.05) is 0 Å². The minimum Gasteiger partial charge on any atom is -0.366 e. The number of amides is 1. The smallest absolute Gasteiger partial charge is 0.248 e. The Kier molecular flexibility index (Phi) is 1.77. The van der Waals surface area contributed by atoms with Gasteiger partial charge in [-0.05, 0) is 24.6 Å². The van der Waals surface area contributed by atoms with Crippen molar-refractivity contribution in [3.8, 4) is 0 Å². The van der Waals surface area contributed by atoms with E-state index in [1.54, 1.807) is 29.0 Å². The van der Waals surface area contributed by atoms with Crippen LogP contribution in [0.5, 0.6) is 0 Å². The molecule has 0 saturated carbocycles. The molecule has 0 aliphatic carbocycles. The number of aryl methyl sites for hydroxylation is 1. The molecule has 0 spiro atoms. The van der Waals surface area contributed by atoms with Gasteiger partial charge in [-0.3, -0.25) is 4.79 Å². The molecule has 1 amide bonds. The third kappa shape index (κ3) is 1.29. The van der Waals surface area contributed by atoms with Crippen molar-refractivity contribution in [1.29, 1.82) is 0 Å². The van der Waals surface area contributed by atoms with Gasteiger partial charge < -0.3 is 5.73 Å². The van der Waals surface area contributed by atoms with E-state index in [9.17, 15) is 4.79 Å². The van der Waals surface area contributed by atoms with Crippen LogP contribution in [-0.4, -0.2) is 10.9 Å². The van der Waals surface area contributed by atoms with Crippen molar-refractivity contribution < 1.29 is 4.79 Å². The number of primary amides is 1. The number of nitrogens with two attached hydrogens (primary N) is 1. The summed E-state index contributed by atoms with van der Waals surface area (Å²) in [5.41, 5.74) is 9.37. The van der Waals surface area contributed by atoms with Crippen molar-refractivity contribution in [2.75, 3.05) is 0 Å². The van der Waals surface area contributed by atoms with E-state index < -0.39 is 5.91 Å². The lowest BCUT2D eigenvalue weighted by Gasteiger charge is -1.98. The lowest BCUT2D eigenvalue weighted by atomic mass is 10.1. The molecule has 4 heteroatoms. The first-order chi connectivity index (χ1) is 6.18. The van der Waals surface area contributed by atoms with Crippen LogP contribution in [0.3, 0.4) is 0 Å². The number of benzene rings is 1. The number of hydrogen-bond acceptors (Lipinski definition) is 3. The highest BCUT2D eigenvalue weighted by molar-refractivity contribution is 7.16. The molecular weight excluding hydrogens is 184 g/mol. The fourth-order valence-electron chi connectivity index (χ4n) is 1.28. The molecule has 13 heavy (non-hydrogen) atoms. The number of hydrogen-bond donors (Lipinski definition) is 1. The molecule has 1 aromatic heterocycles. The first-order valence-corrected chi connectivity index (χ1v) is 4.70. The van der Waals surface area contributed by atoms with Gasteiger partial charge in [-0.25, -0.2) is 4.98 Å². The van der Waals surface area contributed by atoms with Gasteiger partial charge in [0.2, 0.25) is 5.91 Å². The van der Waals surface area contributed by atoms with Gasteiger partial charge in [0.15, 0.2) is 0 Å². The third-order valence-corrected chi connectivity index (χ3v) is 2.88. The quantitative estimate of drug-likeness (QED) is 0.747. The molecule has 0 saturated heterocycles. The summed E-state index contributed by atoms with van der Waals surface area (Å²) < 4.78 is 1.12. The van der Waals surface area contributed by atoms with Crippen LogP contribution < -0.4 is 5.73 Å². The second-order valence-corrected chi connectivity index (χ2v) is 3.71. The average Bonchev–Trinajstić information content (AvgIpc) is 2.51. The lowest BCUT2D eigenvalue weighted by Crippen LogP contribution is -2.10. The van der Waals surface area contributed by atoms with Crippen LogP contribution in [0.2, 0.25) is 0 Å². The Bertz CT molecular complexity index is 475. The summed E-state index contributed by atoms with van der Waals surface area (Å²) in [5.74, 6) is -0.405. The Hall–Kier alpha value is -1.42. The van der Waals surface area contributed by atoms with Crippen molar-refractivity contribution >= 4 is 27.5 Å². The Balaban J connectivity index is 2.77. The van der Waals surface area contributed by atoms with Crippen molar-refractivity contribution in [3.05, 3.63) is 28.8 Å². The number of thiazole rings is 1. The van der Waals surface area contributed by atoms with Crippen LogP contribution in [0.4, 0.5) is 0 Å². The summed E-state index contributed by atoms with van der Waals surface area (Å²) in [6.45, 7) is 1.95. The van der Waals surface area contributed by atoms with Crippen molar-refractivity contribution in [3.63, 3.8) is 0 Å². The van der Waals surface area contributed by atoms with Gasteiger partial charge in [0.1, 0.15) is 0 Å². The number of carbonyl (C=O) groups excluding carboxylic acids is 1. The summed E-state index contributed by atoms with van der Waals surface area (Å²) in [5, 5.41) is 0. The van der Waals surface area contributed by atoms with Crippen LogP contribution in [0.1, 0.15) is 15.9 Å². The first-order valence-electron chi connectivity index (χ1n) is 3.82. The highest BCUT2D eigenvalue weighted by Gasteiger charge is 2.06. The number of carbonyl (C=O) groups is 1. The molecule has 0 radical (unpaired) electrons. The van der Waals surface area contributed by atoms with Crippen LogP contribution >= 0.6 is 11.3 Å². The monoisotopic (exact) mass is 192 g/mol. The minimum absolute atomic E-state index is 0.405. The number of rotatable bonds is 1. The zero-order chi connectivity index (χ0) is 9.42. The molecule has 2 rings (SSSR count). The lowest BCUT2D eigenvalue weighted by molar-refractivity contribution is 0.100. The third-order valence-electron chi connectivity index (χ3n) is 1.90. The van der Waals surface area contributed by atoms with Gasteiger partial charge >= 0.3 is 0 Å². The van der Waals surface area contributed by atoms with E-state index in [0.717, 1.165) is 15.8 Å². The van der Waals surface area contributed by atoms with Crippen molar-refractivity contribution in [2.24, 2.45) is 5.73 Å². The molecule has 2 N–H and O–H groups in total. The maximum atomic E-state index is 10.9. The fraction of sp³-hybridized carbons (Fsp3) is 0.111. The topological polar surface area (TPSA) is 56.0 Å². The molecule has 0 aliphatic heterocycles. The molecule has 1 heterocycles. The molecule has 0 atom stereocenters. The highest BCUT2D eigenvalue weighted by atomic mass is 32.1. The van der Waals surface area contributed by atoms with Gasteiger partial charge in [-0.15, -0.1) is 11.3 Å². The summed E-state index contributed by atoms with van der Waals surface area (Å²) in [6.07, 6.45) is 0. The number of fused-ring (bicyclic) bond motifs is 1. The number of nitrogens with zero attached hydrogens (tertiary/aromatic N) is 1. The van der Waals surface area contributed by atoms with E-state index in [1.165, 1.54) is 0 Å². The summed E-state index contributed by atoms with van der Waals surface area (Å²) >= 11 is 1.57. The van der Waals surface area contributed by atoms with E-state index in [2.05, 4.69) is 4.98 Å². The maximum Gasteiger partial charge on any atom is 0.248 e. The van der Waals surface area contributed by atoms with Crippen LogP contribution in [0, 0.1) is 6.92 Å². The Morgan fingerprint density at radius 1 is 1.54 bits per heavy atom. The average molecular weight is 192 g/mol. The molecular formula is C9H8N2OS.